The molecule has 0 aromatic heterocycles. The van der Waals surface area contributed by atoms with E-state index in [2.05, 4.69) is 26.5 Å². The molecule has 0 bridgehead atoms. The van der Waals surface area contributed by atoms with Crippen LogP contribution >= 0.6 is 15.9 Å². The summed E-state index contributed by atoms with van der Waals surface area (Å²) in [5.74, 6) is 0.862. The number of nitrogens with zero attached hydrogens (tertiary/aromatic N) is 1. The molecule has 0 fully saturated rings. The molecule has 3 rings (SSSR count). The van der Waals surface area contributed by atoms with Gasteiger partial charge in [-0.15, -0.1) is 0 Å². The number of hydrazone groups is 1. The quantitative estimate of drug-likeness (QED) is 0.663. The largest absolute Gasteiger partial charge is 0.485 e. The van der Waals surface area contributed by atoms with Gasteiger partial charge in [-0.3, -0.25) is 4.79 Å². The minimum atomic E-state index is -0.722. The summed E-state index contributed by atoms with van der Waals surface area (Å²) in [6.45, 7) is 1.99. The molecule has 23 heavy (non-hydrogen) atoms. The third-order valence-electron chi connectivity index (χ3n) is 3.40. The van der Waals surface area contributed by atoms with Crippen molar-refractivity contribution in [1.29, 1.82) is 0 Å². The minimum Gasteiger partial charge on any atom is -0.485 e. The topological polar surface area (TPSA) is 59.9 Å². The maximum atomic E-state index is 12.2. The van der Waals surface area contributed by atoms with Gasteiger partial charge < -0.3 is 9.47 Å². The first-order chi connectivity index (χ1) is 11.1. The number of benzene rings is 2. The van der Waals surface area contributed by atoms with Crippen LogP contribution in [-0.4, -0.2) is 24.3 Å². The van der Waals surface area contributed by atoms with Crippen molar-refractivity contribution in [3.8, 4) is 11.5 Å². The first-order valence-electron chi connectivity index (χ1n) is 7.12. The van der Waals surface area contributed by atoms with Gasteiger partial charge in [-0.25, -0.2) is 5.43 Å². The second kappa shape index (κ2) is 6.83. The molecule has 0 aliphatic carbocycles. The van der Waals surface area contributed by atoms with Crippen molar-refractivity contribution in [3.63, 3.8) is 0 Å². The molecular formula is C17H15BrN2O3. The van der Waals surface area contributed by atoms with Crippen LogP contribution in [0.15, 0.2) is 58.1 Å². The van der Waals surface area contributed by atoms with E-state index >= 15 is 0 Å². The van der Waals surface area contributed by atoms with Crippen LogP contribution < -0.4 is 14.9 Å². The summed E-state index contributed by atoms with van der Waals surface area (Å²) in [6, 6.07) is 14.9. The van der Waals surface area contributed by atoms with Gasteiger partial charge >= 0.3 is 0 Å². The number of rotatable bonds is 3. The number of hydrogen-bond acceptors (Lipinski definition) is 4. The zero-order valence-corrected chi connectivity index (χ0v) is 14.0. The first kappa shape index (κ1) is 15.6. The van der Waals surface area contributed by atoms with Crippen LogP contribution in [0, 0.1) is 0 Å². The summed E-state index contributed by atoms with van der Waals surface area (Å²) in [7, 11) is 0. The molecule has 0 radical (unpaired) electrons. The van der Waals surface area contributed by atoms with Gasteiger partial charge in [-0.05, 0) is 25.1 Å². The summed E-state index contributed by atoms with van der Waals surface area (Å²) < 4.78 is 12.1. The Hall–Kier alpha value is -2.34. The van der Waals surface area contributed by atoms with Crippen LogP contribution in [-0.2, 0) is 4.79 Å². The Morgan fingerprint density at radius 3 is 2.65 bits per heavy atom. The number of para-hydroxylation sites is 2. The predicted octanol–water partition coefficient (Wildman–Crippen LogP) is 3.13. The van der Waals surface area contributed by atoms with Crippen LogP contribution in [0.5, 0.6) is 11.5 Å². The van der Waals surface area contributed by atoms with E-state index < -0.39 is 6.10 Å². The van der Waals surface area contributed by atoms with Gasteiger partial charge in [0.05, 0.1) is 5.71 Å². The lowest BCUT2D eigenvalue weighted by atomic mass is 10.1. The fourth-order valence-corrected chi connectivity index (χ4v) is 2.75. The molecule has 1 atom stereocenters. The molecule has 1 N–H and O–H groups in total. The number of ether oxygens (including phenoxy) is 2. The van der Waals surface area contributed by atoms with Gasteiger partial charge in [-0.2, -0.15) is 5.10 Å². The van der Waals surface area contributed by atoms with Gasteiger partial charge in [0.25, 0.3) is 5.91 Å². The molecule has 1 heterocycles. The Kier molecular flexibility index (Phi) is 4.62. The maximum Gasteiger partial charge on any atom is 0.284 e. The third-order valence-corrected chi connectivity index (χ3v) is 4.09. The van der Waals surface area contributed by atoms with E-state index in [0.717, 1.165) is 10.0 Å². The van der Waals surface area contributed by atoms with Gasteiger partial charge in [0.1, 0.15) is 6.61 Å². The molecule has 0 saturated carbocycles. The van der Waals surface area contributed by atoms with Crippen molar-refractivity contribution < 1.29 is 14.3 Å². The van der Waals surface area contributed by atoms with Crippen molar-refractivity contribution in [2.45, 2.75) is 13.0 Å². The lowest BCUT2D eigenvalue weighted by Crippen LogP contribution is -2.42. The summed E-state index contributed by atoms with van der Waals surface area (Å²) >= 11 is 3.46. The van der Waals surface area contributed by atoms with E-state index in [1.54, 1.807) is 12.1 Å². The summed E-state index contributed by atoms with van der Waals surface area (Å²) in [6.07, 6.45) is -0.722. The van der Waals surface area contributed by atoms with E-state index in [1.807, 2.05) is 43.3 Å². The van der Waals surface area contributed by atoms with E-state index in [0.29, 0.717) is 17.2 Å². The van der Waals surface area contributed by atoms with Crippen LogP contribution in [0.2, 0.25) is 0 Å². The molecule has 1 aliphatic rings. The number of amides is 1. The van der Waals surface area contributed by atoms with Gasteiger partial charge in [-0.1, -0.05) is 46.3 Å². The smallest absolute Gasteiger partial charge is 0.284 e. The Balaban J connectivity index is 1.66. The predicted molar refractivity (Wildman–Crippen MR) is 90.8 cm³/mol. The Bertz CT molecular complexity index is 761. The monoisotopic (exact) mass is 374 g/mol. The highest BCUT2D eigenvalue weighted by molar-refractivity contribution is 9.10. The van der Waals surface area contributed by atoms with Crippen LogP contribution in [0.3, 0.4) is 0 Å². The van der Waals surface area contributed by atoms with E-state index in [9.17, 15) is 4.79 Å². The fraction of sp³-hybridized carbons (Fsp3) is 0.176. The van der Waals surface area contributed by atoms with Crippen molar-refractivity contribution >= 4 is 27.5 Å². The van der Waals surface area contributed by atoms with Crippen LogP contribution in [0.25, 0.3) is 0 Å². The third kappa shape index (κ3) is 3.53. The highest BCUT2D eigenvalue weighted by atomic mass is 79.9. The molecule has 6 heteroatoms. The van der Waals surface area contributed by atoms with Crippen molar-refractivity contribution in [3.05, 3.63) is 58.6 Å². The number of hydrogen-bond donors (Lipinski definition) is 1. The highest BCUT2D eigenvalue weighted by Crippen LogP contribution is 2.30. The zero-order chi connectivity index (χ0) is 16.2. The fourth-order valence-electron chi connectivity index (χ4n) is 2.17. The molecule has 2 aromatic carbocycles. The molecule has 0 unspecified atom stereocenters. The zero-order valence-electron chi connectivity index (χ0n) is 12.5. The second-order valence-electron chi connectivity index (χ2n) is 5.02. The molecule has 0 saturated heterocycles. The highest BCUT2D eigenvalue weighted by Gasteiger charge is 2.27. The summed E-state index contributed by atoms with van der Waals surface area (Å²) in [4.78, 5) is 12.2. The first-order valence-corrected chi connectivity index (χ1v) is 7.92. The van der Waals surface area contributed by atoms with Crippen LogP contribution in [0.1, 0.15) is 12.5 Å². The Labute approximate surface area is 142 Å². The Morgan fingerprint density at radius 2 is 1.87 bits per heavy atom. The maximum absolute atomic E-state index is 12.2. The lowest BCUT2D eigenvalue weighted by Gasteiger charge is -2.24. The molecule has 0 spiro atoms. The number of nitrogens with one attached hydrogen (secondary N) is 1. The number of carbonyl (C=O) groups is 1. The number of halogens is 1. The molecule has 1 aliphatic heterocycles. The van der Waals surface area contributed by atoms with Gasteiger partial charge in [0, 0.05) is 10.0 Å². The molecule has 1 amide bonds. The standard InChI is InChI=1S/C17H15BrN2O3/c1-11(12-6-2-3-7-13(12)18)19-20-17(21)16-10-22-14-8-4-5-9-15(14)23-16/h2-9,16H,10H2,1H3,(H,20,21)/b19-11-/t16-/m0/s1. The average Bonchev–Trinajstić information content (AvgIpc) is 2.59. The molecule has 118 valence electrons. The normalized spacial score (nSPS) is 16.8. The van der Waals surface area contributed by atoms with E-state index in [1.165, 1.54) is 0 Å². The number of fused-ring (bicyclic) bond motifs is 1. The lowest BCUT2D eigenvalue weighted by molar-refractivity contribution is -0.130. The average molecular weight is 375 g/mol. The SMILES string of the molecule is C/C(=N/NC(=O)[C@@H]1COc2ccccc2O1)c1ccccc1Br. The number of carbonyl (C=O) groups excluding carboxylic acids is 1. The second-order valence-corrected chi connectivity index (χ2v) is 5.87. The summed E-state index contributed by atoms with van der Waals surface area (Å²) in [5.41, 5.74) is 4.14. The van der Waals surface area contributed by atoms with Gasteiger partial charge in [0.2, 0.25) is 6.10 Å². The van der Waals surface area contributed by atoms with Crippen molar-refractivity contribution in [2.75, 3.05) is 6.61 Å². The van der Waals surface area contributed by atoms with Gasteiger partial charge in [0.15, 0.2) is 11.5 Å². The van der Waals surface area contributed by atoms with Crippen molar-refractivity contribution in [2.24, 2.45) is 5.10 Å². The minimum absolute atomic E-state index is 0.159. The van der Waals surface area contributed by atoms with Crippen LogP contribution in [0.4, 0.5) is 0 Å². The molecule has 2 aromatic rings. The Morgan fingerprint density at radius 1 is 1.17 bits per heavy atom. The van der Waals surface area contributed by atoms with Crippen molar-refractivity contribution in [1.82, 2.24) is 5.43 Å². The summed E-state index contributed by atoms with van der Waals surface area (Å²) in [5, 5.41) is 4.14. The molecular weight excluding hydrogens is 360 g/mol. The van der Waals surface area contributed by atoms with E-state index in [4.69, 9.17) is 9.47 Å². The van der Waals surface area contributed by atoms with E-state index in [-0.39, 0.29) is 12.5 Å². The molecule has 5 nitrogen and oxygen atoms in total.